The summed E-state index contributed by atoms with van der Waals surface area (Å²) in [7, 11) is 1.59. The van der Waals surface area contributed by atoms with E-state index in [9.17, 15) is 14.3 Å². The Hall–Kier alpha value is -2.36. The van der Waals surface area contributed by atoms with Gasteiger partial charge < -0.3 is 10.0 Å². The minimum Gasteiger partial charge on any atom is -0.508 e. The number of hydrogen-bond acceptors (Lipinski definition) is 2. The Morgan fingerprint density at radius 2 is 1.75 bits per heavy atom. The number of halogens is 1. The lowest BCUT2D eigenvalue weighted by molar-refractivity contribution is 0.0736. The van der Waals surface area contributed by atoms with Crippen molar-refractivity contribution in [3.8, 4) is 5.75 Å². The fourth-order valence-corrected chi connectivity index (χ4v) is 2.05. The maximum absolute atomic E-state index is 13.6. The van der Waals surface area contributed by atoms with Crippen molar-refractivity contribution in [3.05, 3.63) is 65.5 Å². The summed E-state index contributed by atoms with van der Waals surface area (Å²) in [4.78, 5) is 13.7. The fourth-order valence-electron chi connectivity index (χ4n) is 2.05. The minimum atomic E-state index is -0.547. The normalized spacial score (nSPS) is 11.9. The summed E-state index contributed by atoms with van der Waals surface area (Å²) in [5.41, 5.74) is 0.650. The van der Waals surface area contributed by atoms with Crippen LogP contribution in [0.3, 0.4) is 0 Å². The molecule has 104 valence electrons. The van der Waals surface area contributed by atoms with E-state index in [1.54, 1.807) is 50.4 Å². The lowest BCUT2D eigenvalue weighted by Gasteiger charge is -2.26. The second-order valence-electron chi connectivity index (χ2n) is 4.63. The quantitative estimate of drug-likeness (QED) is 0.931. The van der Waals surface area contributed by atoms with Crippen LogP contribution in [0.2, 0.25) is 0 Å². The van der Waals surface area contributed by atoms with Gasteiger partial charge in [-0.25, -0.2) is 4.39 Å². The van der Waals surface area contributed by atoms with E-state index in [1.807, 2.05) is 0 Å². The van der Waals surface area contributed by atoms with E-state index in [4.69, 9.17) is 0 Å². The van der Waals surface area contributed by atoms with Crippen LogP contribution in [0.15, 0.2) is 48.5 Å². The molecular formula is C16H16FNO2. The molecule has 2 rings (SSSR count). The highest BCUT2D eigenvalue weighted by Gasteiger charge is 2.22. The van der Waals surface area contributed by atoms with Crippen LogP contribution >= 0.6 is 0 Å². The Morgan fingerprint density at radius 1 is 1.15 bits per heavy atom. The zero-order valence-corrected chi connectivity index (χ0v) is 11.4. The van der Waals surface area contributed by atoms with Gasteiger partial charge in [0, 0.05) is 12.6 Å². The second-order valence-corrected chi connectivity index (χ2v) is 4.63. The standard InChI is InChI=1S/C16H16FNO2/c1-11(12-7-4-6-10-15(12)19)18(2)16(20)13-8-3-5-9-14(13)17/h3-11,19H,1-2H3. The highest BCUT2D eigenvalue weighted by Crippen LogP contribution is 2.28. The number of nitrogens with zero attached hydrogens (tertiary/aromatic N) is 1. The minimum absolute atomic E-state index is 0.0253. The van der Waals surface area contributed by atoms with Crippen molar-refractivity contribution < 1.29 is 14.3 Å². The summed E-state index contributed by atoms with van der Waals surface area (Å²) in [5.74, 6) is -0.846. The van der Waals surface area contributed by atoms with Gasteiger partial charge in [0.05, 0.1) is 11.6 Å². The molecular weight excluding hydrogens is 257 g/mol. The van der Waals surface area contributed by atoms with Crippen molar-refractivity contribution in [2.75, 3.05) is 7.05 Å². The average molecular weight is 273 g/mol. The zero-order chi connectivity index (χ0) is 14.7. The third-order valence-electron chi connectivity index (χ3n) is 3.39. The number of hydrogen-bond donors (Lipinski definition) is 1. The number of carbonyl (C=O) groups is 1. The van der Waals surface area contributed by atoms with Gasteiger partial charge in [-0.2, -0.15) is 0 Å². The first-order chi connectivity index (χ1) is 9.52. The molecule has 0 aliphatic rings. The fraction of sp³-hybridized carbons (Fsp3) is 0.188. The Balaban J connectivity index is 2.28. The first-order valence-electron chi connectivity index (χ1n) is 6.32. The summed E-state index contributed by atoms with van der Waals surface area (Å²) in [6.07, 6.45) is 0. The number of carbonyl (C=O) groups excluding carboxylic acids is 1. The van der Waals surface area contributed by atoms with Crippen molar-refractivity contribution in [1.82, 2.24) is 4.90 Å². The number of phenolic OH excluding ortho intramolecular Hbond substituents is 1. The Bertz CT molecular complexity index is 627. The molecule has 0 heterocycles. The maximum atomic E-state index is 13.6. The molecule has 4 heteroatoms. The molecule has 0 fully saturated rings. The molecule has 1 amide bonds. The van der Waals surface area contributed by atoms with Gasteiger partial charge >= 0.3 is 0 Å². The van der Waals surface area contributed by atoms with Crippen LogP contribution in [0.1, 0.15) is 28.9 Å². The van der Waals surface area contributed by atoms with E-state index in [0.29, 0.717) is 5.56 Å². The van der Waals surface area contributed by atoms with Crippen LogP contribution in [-0.4, -0.2) is 23.0 Å². The number of rotatable bonds is 3. The molecule has 0 saturated carbocycles. The van der Waals surface area contributed by atoms with Gasteiger partial charge in [0.1, 0.15) is 11.6 Å². The topological polar surface area (TPSA) is 40.5 Å². The van der Waals surface area contributed by atoms with Gasteiger partial charge in [0.2, 0.25) is 0 Å². The van der Waals surface area contributed by atoms with Gasteiger partial charge in [-0.1, -0.05) is 30.3 Å². The second kappa shape index (κ2) is 5.74. The Kier molecular flexibility index (Phi) is 4.03. The Morgan fingerprint density at radius 3 is 2.40 bits per heavy atom. The number of benzene rings is 2. The molecule has 0 saturated heterocycles. The SMILES string of the molecule is CC(c1ccccc1O)N(C)C(=O)c1ccccc1F. The molecule has 1 unspecified atom stereocenters. The van der Waals surface area contributed by atoms with Gasteiger partial charge in [0.15, 0.2) is 0 Å². The first-order valence-corrected chi connectivity index (χ1v) is 6.32. The summed E-state index contributed by atoms with van der Waals surface area (Å²) in [6.45, 7) is 1.79. The zero-order valence-electron chi connectivity index (χ0n) is 11.4. The number of phenols is 1. The van der Waals surface area contributed by atoms with E-state index in [0.717, 1.165) is 0 Å². The van der Waals surface area contributed by atoms with Gasteiger partial charge in [0.25, 0.3) is 5.91 Å². The summed E-state index contributed by atoms with van der Waals surface area (Å²) >= 11 is 0. The third kappa shape index (κ3) is 2.64. The predicted molar refractivity (Wildman–Crippen MR) is 75.0 cm³/mol. The molecule has 20 heavy (non-hydrogen) atoms. The molecule has 0 bridgehead atoms. The molecule has 0 aliphatic carbocycles. The van der Waals surface area contributed by atoms with Crippen molar-refractivity contribution in [3.63, 3.8) is 0 Å². The molecule has 2 aromatic rings. The van der Waals surface area contributed by atoms with E-state index >= 15 is 0 Å². The highest BCUT2D eigenvalue weighted by molar-refractivity contribution is 5.94. The number of aromatic hydroxyl groups is 1. The molecule has 1 N–H and O–H groups in total. The maximum Gasteiger partial charge on any atom is 0.257 e. The molecule has 0 aromatic heterocycles. The molecule has 1 atom stereocenters. The van der Waals surface area contributed by atoms with E-state index in [-0.39, 0.29) is 17.4 Å². The van der Waals surface area contributed by atoms with Crippen molar-refractivity contribution in [2.45, 2.75) is 13.0 Å². The number of para-hydroxylation sites is 1. The van der Waals surface area contributed by atoms with E-state index in [1.165, 1.54) is 17.0 Å². The van der Waals surface area contributed by atoms with Crippen LogP contribution < -0.4 is 0 Å². The monoisotopic (exact) mass is 273 g/mol. The van der Waals surface area contributed by atoms with Crippen molar-refractivity contribution in [1.29, 1.82) is 0 Å². The summed E-state index contributed by atoms with van der Waals surface area (Å²) < 4.78 is 13.6. The Labute approximate surface area is 117 Å². The third-order valence-corrected chi connectivity index (χ3v) is 3.39. The smallest absolute Gasteiger partial charge is 0.257 e. The van der Waals surface area contributed by atoms with Crippen LogP contribution in [0.4, 0.5) is 4.39 Å². The van der Waals surface area contributed by atoms with Crippen LogP contribution in [0, 0.1) is 5.82 Å². The van der Waals surface area contributed by atoms with Crippen LogP contribution in [0.5, 0.6) is 5.75 Å². The van der Waals surface area contributed by atoms with Gasteiger partial charge in [-0.15, -0.1) is 0 Å². The van der Waals surface area contributed by atoms with E-state index in [2.05, 4.69) is 0 Å². The average Bonchev–Trinajstić information content (AvgIpc) is 2.46. The predicted octanol–water partition coefficient (Wildman–Crippen LogP) is 3.36. The molecule has 0 radical (unpaired) electrons. The van der Waals surface area contributed by atoms with Crippen LogP contribution in [-0.2, 0) is 0 Å². The molecule has 0 aliphatic heterocycles. The van der Waals surface area contributed by atoms with Gasteiger partial charge in [-0.3, -0.25) is 4.79 Å². The summed E-state index contributed by atoms with van der Waals surface area (Å²) in [6, 6.07) is 12.3. The van der Waals surface area contributed by atoms with E-state index < -0.39 is 11.7 Å². The van der Waals surface area contributed by atoms with Crippen molar-refractivity contribution in [2.24, 2.45) is 0 Å². The molecule has 2 aromatic carbocycles. The molecule has 0 spiro atoms. The molecule has 3 nitrogen and oxygen atoms in total. The summed E-state index contributed by atoms with van der Waals surface area (Å²) in [5, 5.41) is 9.82. The first kappa shape index (κ1) is 14.1. The van der Waals surface area contributed by atoms with Crippen LogP contribution in [0.25, 0.3) is 0 Å². The lowest BCUT2D eigenvalue weighted by Crippen LogP contribution is -2.30. The van der Waals surface area contributed by atoms with Gasteiger partial charge in [-0.05, 0) is 25.1 Å². The van der Waals surface area contributed by atoms with Crippen molar-refractivity contribution >= 4 is 5.91 Å². The highest BCUT2D eigenvalue weighted by atomic mass is 19.1. The number of amides is 1. The largest absolute Gasteiger partial charge is 0.508 e. The lowest BCUT2D eigenvalue weighted by atomic mass is 10.0.